The molecule has 0 aromatic heterocycles. The van der Waals surface area contributed by atoms with Gasteiger partial charge in [-0.25, -0.2) is 0 Å². The summed E-state index contributed by atoms with van der Waals surface area (Å²) in [5.74, 6) is -0.496. The van der Waals surface area contributed by atoms with Gasteiger partial charge in [-0.05, 0) is 6.92 Å². The van der Waals surface area contributed by atoms with Crippen molar-refractivity contribution in [2.75, 3.05) is 6.61 Å². The van der Waals surface area contributed by atoms with Crippen LogP contribution in [-0.4, -0.2) is 35.0 Å². The van der Waals surface area contributed by atoms with Crippen molar-refractivity contribution in [3.63, 3.8) is 0 Å². The first-order valence-corrected chi connectivity index (χ1v) is 4.48. The quantitative estimate of drug-likeness (QED) is 0.589. The highest BCUT2D eigenvalue weighted by molar-refractivity contribution is 5.69. The highest BCUT2D eigenvalue weighted by atomic mass is 16.5. The first-order valence-electron chi connectivity index (χ1n) is 4.48. The zero-order valence-corrected chi connectivity index (χ0v) is 8.14. The number of aliphatic hydroxyl groups excluding tert-OH is 2. The first-order chi connectivity index (χ1) is 6.60. The Labute approximate surface area is 82.9 Å². The molecule has 0 rings (SSSR count). The lowest BCUT2D eigenvalue weighted by molar-refractivity contribution is -0.145. The van der Waals surface area contributed by atoms with Crippen LogP contribution in [0.25, 0.3) is 0 Å². The minimum absolute atomic E-state index is 0.0202. The number of nitrogens with zero attached hydrogens (tertiary/aromatic N) is 1. The summed E-state index contributed by atoms with van der Waals surface area (Å²) in [6.07, 6.45) is -2.00. The van der Waals surface area contributed by atoms with E-state index in [1.807, 2.05) is 0 Å². The highest BCUT2D eigenvalue weighted by Crippen LogP contribution is 2.06. The molecular weight excluding hydrogens is 186 g/mol. The summed E-state index contributed by atoms with van der Waals surface area (Å²) in [4.78, 5) is 10.9. The average molecular weight is 201 g/mol. The lowest BCUT2D eigenvalue weighted by atomic mass is 10.1. The third kappa shape index (κ3) is 6.40. The van der Waals surface area contributed by atoms with Crippen LogP contribution in [-0.2, 0) is 9.53 Å². The van der Waals surface area contributed by atoms with Gasteiger partial charge in [0, 0.05) is 6.42 Å². The topological polar surface area (TPSA) is 90.6 Å². The van der Waals surface area contributed by atoms with E-state index in [0.717, 1.165) is 0 Å². The van der Waals surface area contributed by atoms with Gasteiger partial charge in [0.25, 0.3) is 0 Å². The Hall–Kier alpha value is -1.12. The number of carbonyl (C=O) groups is 1. The van der Waals surface area contributed by atoms with Gasteiger partial charge in [-0.1, -0.05) is 0 Å². The molecule has 0 aromatic carbocycles. The van der Waals surface area contributed by atoms with Gasteiger partial charge >= 0.3 is 5.97 Å². The van der Waals surface area contributed by atoms with Crippen LogP contribution < -0.4 is 0 Å². The largest absolute Gasteiger partial charge is 0.466 e. The molecule has 0 aromatic rings. The monoisotopic (exact) mass is 201 g/mol. The van der Waals surface area contributed by atoms with Crippen molar-refractivity contribution in [2.45, 2.75) is 38.4 Å². The van der Waals surface area contributed by atoms with Crippen molar-refractivity contribution in [1.82, 2.24) is 0 Å². The summed E-state index contributed by atoms with van der Waals surface area (Å²) in [5, 5.41) is 26.6. The van der Waals surface area contributed by atoms with E-state index in [1.54, 1.807) is 13.0 Å². The molecule has 0 amide bonds. The van der Waals surface area contributed by atoms with Crippen LogP contribution >= 0.6 is 0 Å². The predicted molar refractivity (Wildman–Crippen MR) is 48.1 cm³/mol. The van der Waals surface area contributed by atoms with E-state index >= 15 is 0 Å². The molecule has 0 saturated heterocycles. The van der Waals surface area contributed by atoms with E-state index in [2.05, 4.69) is 4.74 Å². The Morgan fingerprint density at radius 3 is 2.64 bits per heavy atom. The first kappa shape index (κ1) is 12.9. The number of nitriles is 1. The van der Waals surface area contributed by atoms with Crippen LogP contribution in [0.2, 0.25) is 0 Å². The Bertz CT molecular complexity index is 211. The van der Waals surface area contributed by atoms with Crippen LogP contribution in [0, 0.1) is 11.3 Å². The molecule has 14 heavy (non-hydrogen) atoms. The van der Waals surface area contributed by atoms with E-state index in [4.69, 9.17) is 10.4 Å². The maximum Gasteiger partial charge on any atom is 0.308 e. The van der Waals surface area contributed by atoms with Crippen molar-refractivity contribution in [3.05, 3.63) is 0 Å². The lowest BCUT2D eigenvalue weighted by Gasteiger charge is -2.12. The normalized spacial score (nSPS) is 14.1. The van der Waals surface area contributed by atoms with Gasteiger partial charge in [0.2, 0.25) is 0 Å². The number of carbonyl (C=O) groups excluding carboxylic acids is 1. The number of aliphatic hydroxyl groups is 2. The number of hydrogen-bond acceptors (Lipinski definition) is 5. The summed E-state index contributed by atoms with van der Waals surface area (Å²) < 4.78 is 4.61. The van der Waals surface area contributed by atoms with Gasteiger partial charge in [-0.3, -0.25) is 4.79 Å². The zero-order chi connectivity index (χ0) is 11.0. The molecule has 0 aliphatic rings. The summed E-state index contributed by atoms with van der Waals surface area (Å²) in [7, 11) is 0. The molecule has 2 unspecified atom stereocenters. The molecular formula is C9H15NO4. The van der Waals surface area contributed by atoms with Crippen molar-refractivity contribution < 1.29 is 19.7 Å². The fraction of sp³-hybridized carbons (Fsp3) is 0.778. The maximum atomic E-state index is 10.9. The van der Waals surface area contributed by atoms with Crippen LogP contribution in [0.15, 0.2) is 0 Å². The Morgan fingerprint density at radius 2 is 2.14 bits per heavy atom. The number of hydrogen-bond donors (Lipinski definition) is 2. The molecule has 0 fully saturated rings. The molecule has 5 nitrogen and oxygen atoms in total. The van der Waals surface area contributed by atoms with Gasteiger partial charge in [-0.15, -0.1) is 0 Å². The summed E-state index contributed by atoms with van der Waals surface area (Å²) >= 11 is 0. The second-order valence-electron chi connectivity index (χ2n) is 2.91. The van der Waals surface area contributed by atoms with Crippen molar-refractivity contribution in [1.29, 1.82) is 5.26 Å². The molecule has 0 bridgehead atoms. The summed E-state index contributed by atoms with van der Waals surface area (Å²) in [6, 6.07) is 1.77. The zero-order valence-electron chi connectivity index (χ0n) is 8.14. The molecule has 0 heterocycles. The molecule has 2 N–H and O–H groups in total. The second kappa shape index (κ2) is 7.30. The van der Waals surface area contributed by atoms with Gasteiger partial charge in [-0.2, -0.15) is 5.26 Å². The van der Waals surface area contributed by atoms with E-state index in [9.17, 15) is 9.90 Å². The summed E-state index contributed by atoms with van der Waals surface area (Å²) in [6.45, 7) is 1.95. The maximum absolute atomic E-state index is 10.9. The highest BCUT2D eigenvalue weighted by Gasteiger charge is 2.15. The minimum atomic E-state index is -0.947. The molecule has 0 saturated carbocycles. The number of rotatable bonds is 6. The smallest absolute Gasteiger partial charge is 0.308 e. The van der Waals surface area contributed by atoms with E-state index in [0.29, 0.717) is 0 Å². The molecule has 0 radical (unpaired) electrons. The van der Waals surface area contributed by atoms with Gasteiger partial charge in [0.05, 0.1) is 37.7 Å². The van der Waals surface area contributed by atoms with Crippen molar-refractivity contribution in [3.8, 4) is 6.07 Å². The average Bonchev–Trinajstić information content (AvgIpc) is 2.03. The lowest BCUT2D eigenvalue weighted by Crippen LogP contribution is -2.21. The van der Waals surface area contributed by atoms with Crippen molar-refractivity contribution >= 4 is 5.97 Å². The van der Waals surface area contributed by atoms with Crippen LogP contribution in [0.1, 0.15) is 26.2 Å². The fourth-order valence-corrected chi connectivity index (χ4v) is 0.998. The van der Waals surface area contributed by atoms with Gasteiger partial charge in [0.1, 0.15) is 0 Å². The number of ether oxygens (including phenoxy) is 1. The molecule has 0 aliphatic carbocycles. The molecule has 2 atom stereocenters. The van der Waals surface area contributed by atoms with E-state index in [1.165, 1.54) is 0 Å². The van der Waals surface area contributed by atoms with Gasteiger partial charge < -0.3 is 14.9 Å². The molecule has 5 heteroatoms. The molecule has 0 aliphatic heterocycles. The fourth-order valence-electron chi connectivity index (χ4n) is 0.998. The SMILES string of the molecule is CCOC(=O)CC(O)CC(O)CC#N. The third-order valence-electron chi connectivity index (χ3n) is 1.58. The summed E-state index contributed by atoms with van der Waals surface area (Å²) in [5.41, 5.74) is 0. The number of esters is 1. The standard InChI is InChI=1S/C9H15NO4/c1-2-14-9(13)6-8(12)5-7(11)3-4-10/h7-8,11-12H,2-3,5-6H2,1H3. The van der Waals surface area contributed by atoms with Crippen LogP contribution in [0.5, 0.6) is 0 Å². The van der Waals surface area contributed by atoms with Gasteiger partial charge in [0.15, 0.2) is 0 Å². The molecule has 0 spiro atoms. The molecule has 80 valence electrons. The Balaban J connectivity index is 3.69. The minimum Gasteiger partial charge on any atom is -0.466 e. The van der Waals surface area contributed by atoms with E-state index in [-0.39, 0.29) is 25.9 Å². The predicted octanol–water partition coefficient (Wildman–Crippen LogP) is -0.0348. The van der Waals surface area contributed by atoms with Crippen molar-refractivity contribution in [2.24, 2.45) is 0 Å². The van der Waals surface area contributed by atoms with Crippen LogP contribution in [0.4, 0.5) is 0 Å². The third-order valence-corrected chi connectivity index (χ3v) is 1.58. The van der Waals surface area contributed by atoms with Crippen LogP contribution in [0.3, 0.4) is 0 Å². The van der Waals surface area contributed by atoms with E-state index < -0.39 is 18.2 Å². The Morgan fingerprint density at radius 1 is 1.50 bits per heavy atom. The Kier molecular flexibility index (Phi) is 6.72. The second-order valence-corrected chi connectivity index (χ2v) is 2.91.